The number of nitrogen functional groups attached to an aromatic ring is 1. The van der Waals surface area contributed by atoms with Crippen molar-refractivity contribution < 1.29 is 9.31 Å². The first-order valence-corrected chi connectivity index (χ1v) is 8.93. The first-order chi connectivity index (χ1) is 12.5. The molecule has 0 spiro atoms. The molecule has 0 radical (unpaired) electrons. The number of nitro groups is 1. The van der Waals surface area contributed by atoms with Crippen LogP contribution in [0.2, 0.25) is 0 Å². The third-order valence-electron chi connectivity index (χ3n) is 5.05. The van der Waals surface area contributed by atoms with E-state index >= 15 is 0 Å². The summed E-state index contributed by atoms with van der Waals surface area (Å²) in [5.74, 6) is -0.0434. The van der Waals surface area contributed by atoms with Crippen LogP contribution in [-0.2, 0) is 6.42 Å². The van der Waals surface area contributed by atoms with Gasteiger partial charge in [0.05, 0.1) is 4.92 Å². The summed E-state index contributed by atoms with van der Waals surface area (Å²) >= 11 is 0. The summed E-state index contributed by atoms with van der Waals surface area (Å²) in [5, 5.41) is 11.1. The normalized spacial score (nSPS) is 19.8. The summed E-state index contributed by atoms with van der Waals surface area (Å²) in [6.45, 7) is 2.18. The molecule has 0 aliphatic heterocycles. The highest BCUT2D eigenvalue weighted by molar-refractivity contribution is 5.81. The molecular weight excluding hydrogens is 331 g/mol. The summed E-state index contributed by atoms with van der Waals surface area (Å²) in [6.07, 6.45) is 6.06. The van der Waals surface area contributed by atoms with Gasteiger partial charge in [-0.2, -0.15) is 4.39 Å². The molecule has 0 unspecified atom stereocenters. The zero-order chi connectivity index (χ0) is 18.7. The number of hydrogen-bond acceptors (Lipinski definition) is 3. The van der Waals surface area contributed by atoms with Crippen LogP contribution in [0.4, 0.5) is 15.8 Å². The summed E-state index contributed by atoms with van der Waals surface area (Å²) in [5.41, 5.74) is 8.14. The van der Waals surface area contributed by atoms with Crippen molar-refractivity contribution in [1.29, 1.82) is 0 Å². The summed E-state index contributed by atoms with van der Waals surface area (Å²) in [7, 11) is 0. The van der Waals surface area contributed by atoms with Crippen molar-refractivity contribution in [2.45, 2.75) is 32.6 Å². The Hall–Kier alpha value is -2.69. The Bertz CT molecular complexity index is 833. The molecule has 5 heteroatoms. The third-order valence-corrected chi connectivity index (χ3v) is 5.05. The second kappa shape index (κ2) is 7.68. The minimum Gasteiger partial charge on any atom is -0.393 e. The van der Waals surface area contributed by atoms with Crippen LogP contribution in [0.1, 0.15) is 37.3 Å². The van der Waals surface area contributed by atoms with E-state index in [4.69, 9.17) is 5.73 Å². The van der Waals surface area contributed by atoms with Crippen molar-refractivity contribution in [3.63, 3.8) is 0 Å². The highest BCUT2D eigenvalue weighted by atomic mass is 19.1. The third kappa shape index (κ3) is 3.93. The molecule has 2 aromatic carbocycles. The number of nitro benzene ring substituents is 1. The molecule has 1 aliphatic rings. The fourth-order valence-corrected chi connectivity index (χ4v) is 3.84. The molecule has 26 heavy (non-hydrogen) atoms. The Morgan fingerprint density at radius 2 is 1.96 bits per heavy atom. The van der Waals surface area contributed by atoms with Gasteiger partial charge in [0.15, 0.2) is 0 Å². The van der Waals surface area contributed by atoms with E-state index < -0.39 is 16.4 Å². The van der Waals surface area contributed by atoms with Crippen molar-refractivity contribution in [3.8, 4) is 0 Å². The van der Waals surface area contributed by atoms with Gasteiger partial charge in [-0.05, 0) is 60.8 Å². The highest BCUT2D eigenvalue weighted by Crippen LogP contribution is 2.40. The molecule has 0 saturated carbocycles. The van der Waals surface area contributed by atoms with E-state index in [1.54, 1.807) is 6.07 Å². The predicted octanol–water partition coefficient (Wildman–Crippen LogP) is 5.38. The van der Waals surface area contributed by atoms with Crippen molar-refractivity contribution in [1.82, 2.24) is 0 Å². The SMILES string of the molecule is C[C@@H]1CC(c2ccc(F)c([N+](=O)[O-])c2N)=C[C@H](CCc2ccccc2)C1. The van der Waals surface area contributed by atoms with Crippen LogP contribution in [0.25, 0.3) is 5.57 Å². The van der Waals surface area contributed by atoms with Gasteiger partial charge in [0.25, 0.3) is 0 Å². The maximum atomic E-state index is 13.8. The predicted molar refractivity (Wildman–Crippen MR) is 102 cm³/mol. The molecular formula is C21H23FN2O2. The van der Waals surface area contributed by atoms with Crippen molar-refractivity contribution in [2.24, 2.45) is 11.8 Å². The van der Waals surface area contributed by atoms with Crippen LogP contribution in [0.15, 0.2) is 48.5 Å². The molecule has 0 bridgehead atoms. The lowest BCUT2D eigenvalue weighted by Crippen LogP contribution is -2.14. The average Bonchev–Trinajstić information content (AvgIpc) is 2.60. The first kappa shape index (κ1) is 18.1. The van der Waals surface area contributed by atoms with E-state index in [0.717, 1.165) is 37.3 Å². The van der Waals surface area contributed by atoms with Gasteiger partial charge in [-0.15, -0.1) is 0 Å². The lowest BCUT2D eigenvalue weighted by molar-refractivity contribution is -0.386. The van der Waals surface area contributed by atoms with E-state index in [1.807, 2.05) is 18.2 Å². The number of rotatable bonds is 5. The summed E-state index contributed by atoms with van der Waals surface area (Å²) in [6, 6.07) is 13.0. The van der Waals surface area contributed by atoms with Gasteiger partial charge >= 0.3 is 5.69 Å². The number of benzene rings is 2. The largest absolute Gasteiger partial charge is 0.393 e. The first-order valence-electron chi connectivity index (χ1n) is 8.93. The molecule has 2 atom stereocenters. The smallest absolute Gasteiger partial charge is 0.328 e. The number of hydrogen-bond donors (Lipinski definition) is 1. The molecule has 3 rings (SSSR count). The van der Waals surface area contributed by atoms with Gasteiger partial charge in [-0.25, -0.2) is 0 Å². The number of anilines is 1. The number of halogens is 1. The Balaban J connectivity index is 1.86. The molecule has 0 fully saturated rings. The summed E-state index contributed by atoms with van der Waals surface area (Å²) < 4.78 is 13.8. The second-order valence-electron chi connectivity index (χ2n) is 7.14. The fraction of sp³-hybridized carbons (Fsp3) is 0.333. The molecule has 0 heterocycles. The van der Waals surface area contributed by atoms with E-state index in [2.05, 4.69) is 25.1 Å². The number of aryl methyl sites for hydroxylation is 1. The Kier molecular flexibility index (Phi) is 5.35. The van der Waals surface area contributed by atoms with E-state index in [9.17, 15) is 14.5 Å². The average molecular weight is 354 g/mol. The number of allylic oxidation sites excluding steroid dienone is 2. The van der Waals surface area contributed by atoms with Crippen molar-refractivity contribution in [2.75, 3.05) is 5.73 Å². The Labute approximate surface area is 152 Å². The van der Waals surface area contributed by atoms with E-state index in [-0.39, 0.29) is 5.69 Å². The van der Waals surface area contributed by atoms with Crippen LogP contribution in [0.3, 0.4) is 0 Å². The van der Waals surface area contributed by atoms with Crippen LogP contribution in [-0.4, -0.2) is 4.92 Å². The molecule has 0 amide bonds. The van der Waals surface area contributed by atoms with Gasteiger partial charge < -0.3 is 5.73 Å². The van der Waals surface area contributed by atoms with Gasteiger partial charge in [0, 0.05) is 5.56 Å². The lowest BCUT2D eigenvalue weighted by Gasteiger charge is -2.27. The standard InChI is InChI=1S/C21H23FN2O2/c1-14-11-16(8-7-15-5-3-2-4-6-15)13-17(12-14)18-9-10-19(22)21(20(18)23)24(25)26/h2-6,9-10,13-14,16H,7-8,11-12,23H2,1H3/t14-,16+/m0/s1. The minimum atomic E-state index is -0.888. The minimum absolute atomic E-state index is 0.0721. The molecule has 2 N–H and O–H groups in total. The summed E-state index contributed by atoms with van der Waals surface area (Å²) in [4.78, 5) is 10.4. The number of nitrogens with two attached hydrogens (primary N) is 1. The number of nitrogens with zero attached hydrogens (tertiary/aromatic N) is 1. The fourth-order valence-electron chi connectivity index (χ4n) is 3.84. The zero-order valence-electron chi connectivity index (χ0n) is 14.8. The molecule has 4 nitrogen and oxygen atoms in total. The van der Waals surface area contributed by atoms with E-state index in [1.165, 1.54) is 5.56 Å². The second-order valence-corrected chi connectivity index (χ2v) is 7.14. The molecule has 1 aliphatic carbocycles. The highest BCUT2D eigenvalue weighted by Gasteiger charge is 2.26. The van der Waals surface area contributed by atoms with Crippen LogP contribution in [0.5, 0.6) is 0 Å². The molecule has 0 aromatic heterocycles. The molecule has 0 saturated heterocycles. The van der Waals surface area contributed by atoms with Crippen LogP contribution < -0.4 is 5.73 Å². The monoisotopic (exact) mass is 354 g/mol. The van der Waals surface area contributed by atoms with Gasteiger partial charge in [-0.1, -0.05) is 43.3 Å². The Morgan fingerprint density at radius 1 is 1.23 bits per heavy atom. The van der Waals surface area contributed by atoms with E-state index in [0.29, 0.717) is 17.4 Å². The van der Waals surface area contributed by atoms with Gasteiger partial charge in [-0.3, -0.25) is 10.1 Å². The van der Waals surface area contributed by atoms with Crippen LogP contribution >= 0.6 is 0 Å². The topological polar surface area (TPSA) is 69.2 Å². The van der Waals surface area contributed by atoms with Crippen LogP contribution in [0, 0.1) is 27.8 Å². The quantitative estimate of drug-likeness (QED) is 0.445. The molecule has 136 valence electrons. The van der Waals surface area contributed by atoms with Gasteiger partial charge in [0.2, 0.25) is 5.82 Å². The van der Waals surface area contributed by atoms with Crippen molar-refractivity contribution >= 4 is 16.9 Å². The Morgan fingerprint density at radius 3 is 2.65 bits per heavy atom. The van der Waals surface area contributed by atoms with Crippen molar-refractivity contribution in [3.05, 3.63) is 75.6 Å². The van der Waals surface area contributed by atoms with Gasteiger partial charge in [0.1, 0.15) is 5.69 Å². The lowest BCUT2D eigenvalue weighted by atomic mass is 9.78. The zero-order valence-corrected chi connectivity index (χ0v) is 14.8. The molecule has 2 aromatic rings. The maximum Gasteiger partial charge on any atom is 0.328 e. The maximum absolute atomic E-state index is 13.8.